The second-order valence-corrected chi connectivity index (χ2v) is 6.10. The van der Waals surface area contributed by atoms with Crippen molar-refractivity contribution in [2.75, 3.05) is 5.75 Å². The lowest BCUT2D eigenvalue weighted by Crippen LogP contribution is -2.44. The normalized spacial score (nSPS) is 22.4. The van der Waals surface area contributed by atoms with Crippen LogP contribution >= 0.6 is 11.8 Å². The Bertz CT molecular complexity index is 682. The topological polar surface area (TPSA) is 73.4 Å². The zero-order valence-corrected chi connectivity index (χ0v) is 11.7. The smallest absolute Gasteiger partial charge is 0.327 e. The van der Waals surface area contributed by atoms with Crippen molar-refractivity contribution in [1.82, 2.24) is 9.88 Å². The van der Waals surface area contributed by atoms with Crippen LogP contribution in [0.1, 0.15) is 17.3 Å². The van der Waals surface area contributed by atoms with Gasteiger partial charge in [0.05, 0.1) is 10.9 Å². The van der Waals surface area contributed by atoms with Gasteiger partial charge in [-0.25, -0.2) is 4.79 Å². The van der Waals surface area contributed by atoms with Gasteiger partial charge in [-0.2, -0.15) is 0 Å². The molecular weight excluding hydrogens is 276 g/mol. The SMILES string of the molecule is CC1SCC(C(=O)O)N1C(=O)c1c[nH]c2ccccc12. The number of benzene rings is 1. The van der Waals surface area contributed by atoms with E-state index < -0.39 is 12.0 Å². The van der Waals surface area contributed by atoms with Gasteiger partial charge < -0.3 is 15.0 Å². The minimum Gasteiger partial charge on any atom is -0.480 e. The van der Waals surface area contributed by atoms with E-state index in [0.29, 0.717) is 11.3 Å². The summed E-state index contributed by atoms with van der Waals surface area (Å²) in [5, 5.41) is 9.94. The van der Waals surface area contributed by atoms with Gasteiger partial charge in [-0.1, -0.05) is 18.2 Å². The van der Waals surface area contributed by atoms with Crippen molar-refractivity contribution in [1.29, 1.82) is 0 Å². The summed E-state index contributed by atoms with van der Waals surface area (Å²) in [6, 6.07) is 6.76. The molecule has 1 aromatic heterocycles. The maximum absolute atomic E-state index is 12.7. The van der Waals surface area contributed by atoms with Gasteiger partial charge >= 0.3 is 5.97 Å². The number of carboxylic acid groups (broad SMARTS) is 1. The molecule has 2 N–H and O–H groups in total. The molecule has 20 heavy (non-hydrogen) atoms. The van der Waals surface area contributed by atoms with Gasteiger partial charge in [0.1, 0.15) is 6.04 Å². The van der Waals surface area contributed by atoms with Crippen molar-refractivity contribution in [2.24, 2.45) is 0 Å². The van der Waals surface area contributed by atoms with Gasteiger partial charge in [-0.3, -0.25) is 4.79 Å². The molecule has 1 aromatic carbocycles. The van der Waals surface area contributed by atoms with Crippen molar-refractivity contribution in [2.45, 2.75) is 18.3 Å². The van der Waals surface area contributed by atoms with Crippen LogP contribution in [0.3, 0.4) is 0 Å². The molecule has 1 saturated heterocycles. The first kappa shape index (κ1) is 13.1. The van der Waals surface area contributed by atoms with Gasteiger partial charge in [-0.05, 0) is 13.0 Å². The second kappa shape index (κ2) is 4.86. The van der Waals surface area contributed by atoms with Crippen LogP contribution in [-0.4, -0.2) is 44.0 Å². The van der Waals surface area contributed by atoms with E-state index in [0.717, 1.165) is 10.9 Å². The largest absolute Gasteiger partial charge is 0.480 e. The first-order valence-corrected chi connectivity index (χ1v) is 7.37. The summed E-state index contributed by atoms with van der Waals surface area (Å²) in [6.45, 7) is 1.86. The highest BCUT2D eigenvalue weighted by molar-refractivity contribution is 8.00. The number of fused-ring (bicyclic) bond motifs is 1. The summed E-state index contributed by atoms with van der Waals surface area (Å²) in [5.74, 6) is -0.743. The summed E-state index contributed by atoms with van der Waals surface area (Å²) in [7, 11) is 0. The monoisotopic (exact) mass is 290 g/mol. The Kier molecular flexibility index (Phi) is 3.17. The van der Waals surface area contributed by atoms with Gasteiger partial charge in [0.25, 0.3) is 5.91 Å². The molecule has 1 amide bonds. The van der Waals surface area contributed by atoms with Crippen molar-refractivity contribution in [3.63, 3.8) is 0 Å². The number of amides is 1. The standard InChI is InChI=1S/C14H14N2O3S/c1-8-16(12(7-20-8)14(18)19)13(17)10-6-15-11-5-3-2-4-9(10)11/h2-6,8,12,15H,7H2,1H3,(H,18,19). The van der Waals surface area contributed by atoms with Crippen molar-refractivity contribution >= 4 is 34.5 Å². The Morgan fingerprint density at radius 1 is 1.40 bits per heavy atom. The highest BCUT2D eigenvalue weighted by Gasteiger charge is 2.40. The molecule has 5 nitrogen and oxygen atoms in total. The first-order chi connectivity index (χ1) is 9.59. The van der Waals surface area contributed by atoms with Gasteiger partial charge in [-0.15, -0.1) is 11.8 Å². The van der Waals surface area contributed by atoms with Crippen LogP contribution in [-0.2, 0) is 4.79 Å². The lowest BCUT2D eigenvalue weighted by Gasteiger charge is -2.24. The Hall–Kier alpha value is -1.95. The zero-order chi connectivity index (χ0) is 14.3. The van der Waals surface area contributed by atoms with Crippen LogP contribution in [0.2, 0.25) is 0 Å². The van der Waals surface area contributed by atoms with Crippen LogP contribution in [0.5, 0.6) is 0 Å². The molecule has 0 aliphatic carbocycles. The number of hydrogen-bond donors (Lipinski definition) is 2. The van der Waals surface area contributed by atoms with E-state index >= 15 is 0 Å². The van der Waals surface area contributed by atoms with Crippen molar-refractivity contribution in [3.05, 3.63) is 36.0 Å². The van der Waals surface area contributed by atoms with Crippen LogP contribution in [0.25, 0.3) is 10.9 Å². The van der Waals surface area contributed by atoms with E-state index in [-0.39, 0.29) is 11.3 Å². The number of aromatic nitrogens is 1. The fourth-order valence-electron chi connectivity index (χ4n) is 2.53. The Labute approximate surface area is 120 Å². The first-order valence-electron chi connectivity index (χ1n) is 6.33. The number of nitrogens with one attached hydrogen (secondary N) is 1. The highest BCUT2D eigenvalue weighted by Crippen LogP contribution is 2.31. The molecule has 2 aromatic rings. The molecule has 2 heterocycles. The zero-order valence-electron chi connectivity index (χ0n) is 10.9. The van der Waals surface area contributed by atoms with Crippen LogP contribution in [0.15, 0.2) is 30.5 Å². The molecule has 1 fully saturated rings. The predicted molar refractivity (Wildman–Crippen MR) is 77.8 cm³/mol. The predicted octanol–water partition coefficient (Wildman–Crippen LogP) is 2.16. The van der Waals surface area contributed by atoms with E-state index in [1.165, 1.54) is 16.7 Å². The van der Waals surface area contributed by atoms with Crippen LogP contribution in [0.4, 0.5) is 0 Å². The number of hydrogen-bond acceptors (Lipinski definition) is 3. The summed E-state index contributed by atoms with van der Waals surface area (Å²) in [5.41, 5.74) is 1.41. The molecule has 3 rings (SSSR count). The number of carbonyl (C=O) groups excluding carboxylic acids is 1. The number of rotatable bonds is 2. The third kappa shape index (κ3) is 1.96. The summed E-state index contributed by atoms with van der Waals surface area (Å²) >= 11 is 1.49. The number of carbonyl (C=O) groups is 2. The minimum atomic E-state index is -0.949. The van der Waals surface area contributed by atoms with Gasteiger partial charge in [0.15, 0.2) is 0 Å². The Balaban J connectivity index is 2.01. The third-order valence-electron chi connectivity index (χ3n) is 3.56. The number of nitrogens with zero attached hydrogens (tertiary/aromatic N) is 1. The molecule has 0 radical (unpaired) electrons. The van der Waals surface area contributed by atoms with Crippen LogP contribution in [0, 0.1) is 0 Å². The molecule has 0 bridgehead atoms. The Morgan fingerprint density at radius 2 is 2.15 bits per heavy atom. The number of aliphatic carboxylic acids is 1. The van der Waals surface area contributed by atoms with E-state index in [1.54, 1.807) is 6.20 Å². The summed E-state index contributed by atoms with van der Waals surface area (Å²) < 4.78 is 0. The number of H-pyrrole nitrogens is 1. The number of aromatic amines is 1. The molecule has 104 valence electrons. The molecule has 0 saturated carbocycles. The average Bonchev–Trinajstić information content (AvgIpc) is 3.01. The summed E-state index contributed by atoms with van der Waals surface area (Å²) in [6.07, 6.45) is 1.65. The van der Waals surface area contributed by atoms with E-state index in [4.69, 9.17) is 0 Å². The van der Waals surface area contributed by atoms with E-state index in [1.807, 2.05) is 31.2 Å². The fraction of sp³-hybridized carbons (Fsp3) is 0.286. The third-order valence-corrected chi connectivity index (χ3v) is 4.78. The summed E-state index contributed by atoms with van der Waals surface area (Å²) in [4.78, 5) is 28.5. The maximum Gasteiger partial charge on any atom is 0.327 e. The molecule has 2 atom stereocenters. The van der Waals surface area contributed by atoms with E-state index in [2.05, 4.69) is 4.98 Å². The number of para-hydroxylation sites is 1. The molecule has 1 aliphatic heterocycles. The lowest BCUT2D eigenvalue weighted by molar-refractivity contribution is -0.141. The number of thioether (sulfide) groups is 1. The highest BCUT2D eigenvalue weighted by atomic mass is 32.2. The molecule has 0 spiro atoms. The Morgan fingerprint density at radius 3 is 2.90 bits per heavy atom. The molecule has 1 aliphatic rings. The fourth-order valence-corrected chi connectivity index (χ4v) is 3.70. The van der Waals surface area contributed by atoms with Gasteiger partial charge in [0.2, 0.25) is 0 Å². The van der Waals surface area contributed by atoms with Crippen molar-refractivity contribution in [3.8, 4) is 0 Å². The quantitative estimate of drug-likeness (QED) is 0.889. The molecule has 6 heteroatoms. The molecular formula is C14H14N2O3S. The number of carboxylic acids is 1. The maximum atomic E-state index is 12.7. The lowest BCUT2D eigenvalue weighted by atomic mass is 10.1. The van der Waals surface area contributed by atoms with Crippen LogP contribution < -0.4 is 0 Å². The van der Waals surface area contributed by atoms with Gasteiger partial charge in [0, 0.05) is 22.9 Å². The minimum absolute atomic E-state index is 0.128. The average molecular weight is 290 g/mol. The van der Waals surface area contributed by atoms with E-state index in [9.17, 15) is 14.7 Å². The molecule has 2 unspecified atom stereocenters. The second-order valence-electron chi connectivity index (χ2n) is 4.75. The van der Waals surface area contributed by atoms with Crippen molar-refractivity contribution < 1.29 is 14.7 Å².